The van der Waals surface area contributed by atoms with E-state index in [0.29, 0.717) is 78.9 Å². The Morgan fingerprint density at radius 1 is 0.305 bits per heavy atom. The van der Waals surface area contributed by atoms with Crippen molar-refractivity contribution < 1.29 is 38.0 Å². The smallest absolute Gasteiger partial charge is 0.224 e. The quantitative estimate of drug-likeness (QED) is 0.0497. The van der Waals surface area contributed by atoms with Crippen LogP contribution in [0.3, 0.4) is 0 Å². The molecule has 0 saturated carbocycles. The van der Waals surface area contributed by atoms with Gasteiger partial charge in [-0.2, -0.15) is 0 Å². The van der Waals surface area contributed by atoms with Crippen molar-refractivity contribution in [3.63, 3.8) is 0 Å². The predicted octanol–water partition coefficient (Wildman–Crippen LogP) is 18.0. The zero-order chi connectivity index (χ0) is 58.4. The lowest BCUT2D eigenvalue weighted by molar-refractivity contribution is -0.117. The van der Waals surface area contributed by atoms with Gasteiger partial charge in [-0.25, -0.2) is 0 Å². The number of rotatable bonds is 55. The van der Waals surface area contributed by atoms with Crippen molar-refractivity contribution in [2.45, 2.75) is 258 Å². The Balaban J connectivity index is 1.29. The minimum Gasteiger partial charge on any atom is -0.491 e. The largest absolute Gasteiger partial charge is 0.491 e. The van der Waals surface area contributed by atoms with Crippen LogP contribution in [0.25, 0.3) is 0 Å². The van der Waals surface area contributed by atoms with Gasteiger partial charge in [0.05, 0.1) is 52.9 Å². The molecule has 2 amide bonds. The van der Waals surface area contributed by atoms with E-state index >= 15 is 0 Å². The Morgan fingerprint density at radius 2 is 0.537 bits per heavy atom. The molecule has 0 aliphatic carbocycles. The van der Waals surface area contributed by atoms with Crippen molar-refractivity contribution in [1.82, 2.24) is 0 Å². The summed E-state index contributed by atoms with van der Waals surface area (Å²) < 4.78 is 34.0. The van der Waals surface area contributed by atoms with Crippen LogP contribution in [0, 0.1) is 47.4 Å². The molecular formula is C72H112N2O8. The molecule has 0 spiro atoms. The summed E-state index contributed by atoms with van der Waals surface area (Å²) in [6.45, 7) is 9.10. The van der Waals surface area contributed by atoms with E-state index in [9.17, 15) is 9.59 Å². The van der Waals surface area contributed by atoms with E-state index in [1.807, 2.05) is 48.5 Å². The molecule has 10 heteroatoms. The Morgan fingerprint density at radius 3 is 0.805 bits per heavy atom. The maximum atomic E-state index is 12.5. The Bertz CT molecular complexity index is 1900. The van der Waals surface area contributed by atoms with Gasteiger partial charge in [-0.15, -0.1) is 0 Å². The first-order valence-corrected chi connectivity index (χ1v) is 32.9. The summed E-state index contributed by atoms with van der Waals surface area (Å²) >= 11 is 0. The van der Waals surface area contributed by atoms with Crippen LogP contribution in [0.2, 0.25) is 0 Å². The minimum absolute atomic E-state index is 0.0438. The van der Waals surface area contributed by atoms with Gasteiger partial charge >= 0.3 is 0 Å². The highest BCUT2D eigenvalue weighted by molar-refractivity contribution is 5.91. The van der Waals surface area contributed by atoms with Crippen LogP contribution in [0.15, 0.2) is 48.5 Å². The molecule has 0 atom stereocenters. The van der Waals surface area contributed by atoms with Gasteiger partial charge in [0.2, 0.25) is 11.8 Å². The maximum absolute atomic E-state index is 12.5. The summed E-state index contributed by atoms with van der Waals surface area (Å²) in [6.07, 6.45) is 45.0. The van der Waals surface area contributed by atoms with Gasteiger partial charge in [0.25, 0.3) is 0 Å². The van der Waals surface area contributed by atoms with E-state index in [4.69, 9.17) is 28.4 Å². The molecule has 2 aromatic carbocycles. The molecule has 82 heavy (non-hydrogen) atoms. The minimum atomic E-state index is 0.0438. The predicted molar refractivity (Wildman–Crippen MR) is 342 cm³/mol. The summed E-state index contributed by atoms with van der Waals surface area (Å²) in [5.74, 6) is 26.5. The van der Waals surface area contributed by atoms with Crippen LogP contribution in [0.1, 0.15) is 258 Å². The van der Waals surface area contributed by atoms with Crippen LogP contribution in [-0.2, 0) is 28.5 Å². The third-order valence-corrected chi connectivity index (χ3v) is 14.1. The first kappa shape index (κ1) is 73.2. The number of unbranched alkanes of at least 4 members (excludes halogenated alkanes) is 32. The Labute approximate surface area is 500 Å². The van der Waals surface area contributed by atoms with E-state index in [-0.39, 0.29) is 11.8 Å². The molecule has 0 fully saturated rings. The highest BCUT2D eigenvalue weighted by atomic mass is 16.6. The lowest BCUT2D eigenvalue weighted by Crippen LogP contribution is -2.14. The second-order valence-electron chi connectivity index (χ2n) is 21.6. The van der Waals surface area contributed by atoms with E-state index < -0.39 is 0 Å². The standard InChI is InChI=1S/C72H112N2O8/c1-3-5-7-9-11-13-15-17-19-21-23-25-27-29-31-33-35-37-39-41-43-45-47-71(75)73-67-49-53-69(54-50-67)81-65-63-79-61-59-77-57-58-78-60-62-80-64-66-82-70-55-51-68(52-56-70)74-72(76)48-46-44-42-40-38-36-34-32-30-28-26-24-22-20-18-16-14-12-10-8-6-4-2/h49-56H,3-24,33-48,57-66H2,1-2H3,(H,73,75)(H,74,76). The van der Waals surface area contributed by atoms with Gasteiger partial charge in [-0.05, 0) is 111 Å². The lowest BCUT2D eigenvalue weighted by atomic mass is 10.1. The molecule has 0 saturated heterocycles. The fourth-order valence-electron chi connectivity index (χ4n) is 9.16. The summed E-state index contributed by atoms with van der Waals surface area (Å²) in [6, 6.07) is 14.9. The first-order valence-electron chi connectivity index (χ1n) is 32.9. The molecular weight excluding hydrogens is 1020 g/mol. The van der Waals surface area contributed by atoms with Crippen LogP contribution >= 0.6 is 0 Å². The zero-order valence-electron chi connectivity index (χ0n) is 51.8. The van der Waals surface area contributed by atoms with E-state index in [1.54, 1.807) is 0 Å². The molecule has 2 aromatic rings. The van der Waals surface area contributed by atoms with Gasteiger partial charge < -0.3 is 39.1 Å². The number of carbonyl (C=O) groups excluding carboxylic acids is 2. The summed E-state index contributed by atoms with van der Waals surface area (Å²) in [5.41, 5.74) is 1.54. The van der Waals surface area contributed by atoms with Gasteiger partial charge in [0.15, 0.2) is 0 Å². The maximum Gasteiger partial charge on any atom is 0.224 e. The Kier molecular flexibility index (Phi) is 52.8. The second kappa shape index (κ2) is 59.2. The van der Waals surface area contributed by atoms with Gasteiger partial charge in [-0.1, -0.05) is 204 Å². The van der Waals surface area contributed by atoms with Crippen LogP contribution in [-0.4, -0.2) is 77.9 Å². The second-order valence-corrected chi connectivity index (χ2v) is 21.6. The topological polar surface area (TPSA) is 114 Å². The van der Waals surface area contributed by atoms with E-state index in [1.165, 1.54) is 154 Å². The number of nitrogens with one attached hydrogen (secondary N) is 2. The average Bonchev–Trinajstić information content (AvgIpc) is 3.48. The fraction of sp³-hybridized carbons (Fsp3) is 0.694. The molecule has 0 aliphatic rings. The third-order valence-electron chi connectivity index (χ3n) is 14.1. The summed E-state index contributed by atoms with van der Waals surface area (Å²) in [4.78, 5) is 24.9. The highest BCUT2D eigenvalue weighted by Gasteiger charge is 2.06. The van der Waals surface area contributed by atoms with E-state index in [2.05, 4.69) is 71.8 Å². The van der Waals surface area contributed by atoms with Gasteiger partial charge in [0.1, 0.15) is 24.7 Å². The lowest BCUT2D eigenvalue weighted by Gasteiger charge is -2.10. The molecule has 2 rings (SSSR count). The number of ether oxygens (including phenoxy) is 6. The van der Waals surface area contributed by atoms with Crippen molar-refractivity contribution >= 4 is 23.2 Å². The monoisotopic (exact) mass is 1130 g/mol. The molecule has 2 N–H and O–H groups in total. The molecule has 0 bridgehead atoms. The first-order chi connectivity index (χ1) is 40.6. The Hall–Kier alpha value is -4.94. The molecule has 458 valence electrons. The highest BCUT2D eigenvalue weighted by Crippen LogP contribution is 2.19. The van der Waals surface area contributed by atoms with Crippen molar-refractivity contribution in [3.05, 3.63) is 48.5 Å². The van der Waals surface area contributed by atoms with Crippen molar-refractivity contribution in [1.29, 1.82) is 0 Å². The van der Waals surface area contributed by atoms with Crippen molar-refractivity contribution in [3.8, 4) is 58.9 Å². The molecule has 10 nitrogen and oxygen atoms in total. The molecule has 0 aromatic heterocycles. The number of benzene rings is 2. The summed E-state index contributed by atoms with van der Waals surface area (Å²) in [7, 11) is 0. The van der Waals surface area contributed by atoms with Crippen LogP contribution in [0.4, 0.5) is 11.4 Å². The zero-order valence-corrected chi connectivity index (χ0v) is 51.8. The number of amides is 2. The molecule has 0 unspecified atom stereocenters. The average molecular weight is 1130 g/mol. The summed E-state index contributed by atoms with van der Waals surface area (Å²) in [5, 5.41) is 5.98. The van der Waals surface area contributed by atoms with Gasteiger partial charge in [-0.3, -0.25) is 9.59 Å². The molecule has 0 heterocycles. The van der Waals surface area contributed by atoms with Crippen molar-refractivity contribution in [2.75, 3.05) is 76.7 Å². The number of anilines is 2. The van der Waals surface area contributed by atoms with Crippen LogP contribution < -0.4 is 20.1 Å². The number of hydrogen-bond donors (Lipinski definition) is 2. The SMILES string of the molecule is CCCCCCCCCCCCC#CC#CCCCCCCCCC(=O)Nc1ccc(OCCOCCOCCOCCOCCOc2ccc(NC(=O)CCCCCCCCC#CC#CCCCCCCCCCCCC)cc2)cc1. The number of carbonyl (C=O) groups is 2. The fourth-order valence-corrected chi connectivity index (χ4v) is 9.16. The molecule has 0 radical (unpaired) electrons. The third kappa shape index (κ3) is 50.8. The number of hydrogen-bond acceptors (Lipinski definition) is 8. The van der Waals surface area contributed by atoms with E-state index in [0.717, 1.165) is 99.9 Å². The molecule has 0 aliphatic heterocycles. The van der Waals surface area contributed by atoms with Gasteiger partial charge in [0, 0.05) is 49.9 Å². The normalized spacial score (nSPS) is 10.6. The van der Waals surface area contributed by atoms with Crippen molar-refractivity contribution in [2.24, 2.45) is 0 Å². The van der Waals surface area contributed by atoms with Crippen LogP contribution in [0.5, 0.6) is 11.5 Å².